The van der Waals surface area contributed by atoms with Gasteiger partial charge in [-0.3, -0.25) is 4.79 Å². The smallest absolute Gasteiger partial charge is 0.248 e. The average molecular weight is 383 g/mol. The molecule has 0 aliphatic carbocycles. The van der Waals surface area contributed by atoms with Crippen molar-refractivity contribution in [2.45, 2.75) is 26.4 Å². The van der Waals surface area contributed by atoms with Crippen LogP contribution in [-0.4, -0.2) is 32.8 Å². The van der Waals surface area contributed by atoms with Crippen molar-refractivity contribution < 1.29 is 23.7 Å². The number of fused-ring (bicyclic) bond motifs is 1. The summed E-state index contributed by atoms with van der Waals surface area (Å²) < 4.78 is 22.1. The van der Waals surface area contributed by atoms with Gasteiger partial charge in [0.25, 0.3) is 0 Å². The quantitative estimate of drug-likeness (QED) is 0.730. The van der Waals surface area contributed by atoms with E-state index in [1.807, 2.05) is 26.0 Å². The summed E-state index contributed by atoms with van der Waals surface area (Å²) in [6, 6.07) is 9.13. The number of hydrogen-bond acceptors (Lipinski definition) is 5. The zero-order chi connectivity index (χ0) is 20.1. The Labute approximate surface area is 165 Å². The van der Waals surface area contributed by atoms with Crippen LogP contribution >= 0.6 is 0 Å². The van der Waals surface area contributed by atoms with Gasteiger partial charge in [-0.1, -0.05) is 0 Å². The Morgan fingerprint density at radius 2 is 2.04 bits per heavy atom. The topological polar surface area (TPSA) is 66.0 Å². The molecule has 0 fully saturated rings. The van der Waals surface area contributed by atoms with E-state index in [1.54, 1.807) is 38.5 Å². The maximum absolute atomic E-state index is 12.4. The van der Waals surface area contributed by atoms with Gasteiger partial charge < -0.3 is 24.3 Å². The monoisotopic (exact) mass is 383 g/mol. The fourth-order valence-electron chi connectivity index (χ4n) is 3.12. The fraction of sp³-hybridized carbons (Fsp3) is 0.318. The lowest BCUT2D eigenvalue weighted by Crippen LogP contribution is -2.09. The minimum absolute atomic E-state index is 0.146. The highest BCUT2D eigenvalue weighted by molar-refractivity contribution is 6.03. The van der Waals surface area contributed by atoms with Crippen LogP contribution in [0, 0.1) is 0 Å². The van der Waals surface area contributed by atoms with Crippen LogP contribution in [0.25, 0.3) is 6.08 Å². The third kappa shape index (κ3) is 4.39. The summed E-state index contributed by atoms with van der Waals surface area (Å²) in [5.74, 6) is 2.47. The fourth-order valence-corrected chi connectivity index (χ4v) is 3.12. The zero-order valence-electron chi connectivity index (χ0n) is 16.6. The minimum atomic E-state index is -0.288. The van der Waals surface area contributed by atoms with Crippen molar-refractivity contribution in [3.8, 4) is 23.0 Å². The van der Waals surface area contributed by atoms with E-state index in [4.69, 9.17) is 18.9 Å². The van der Waals surface area contributed by atoms with E-state index in [2.05, 4.69) is 5.32 Å². The molecule has 3 rings (SSSR count). The van der Waals surface area contributed by atoms with Crippen molar-refractivity contribution in [2.24, 2.45) is 0 Å². The van der Waals surface area contributed by atoms with Crippen LogP contribution in [0.1, 0.15) is 25.0 Å². The SMILES string of the molecule is CCOc1cc2c(cc1/C=C/C(=O)Nc1cc(OC)ccc1OC)OC(C)C2. The second-order valence-electron chi connectivity index (χ2n) is 6.45. The Morgan fingerprint density at radius 1 is 1.21 bits per heavy atom. The summed E-state index contributed by atoms with van der Waals surface area (Å²) >= 11 is 0. The molecule has 1 amide bonds. The Morgan fingerprint density at radius 3 is 2.75 bits per heavy atom. The van der Waals surface area contributed by atoms with Crippen LogP contribution < -0.4 is 24.3 Å². The number of methoxy groups -OCH3 is 2. The van der Waals surface area contributed by atoms with Crippen LogP contribution in [0.5, 0.6) is 23.0 Å². The molecule has 0 bridgehead atoms. The average Bonchev–Trinajstić information content (AvgIpc) is 3.05. The van der Waals surface area contributed by atoms with Gasteiger partial charge >= 0.3 is 0 Å². The number of anilines is 1. The second-order valence-corrected chi connectivity index (χ2v) is 6.45. The Bertz CT molecular complexity index is 891. The third-order valence-electron chi connectivity index (χ3n) is 4.41. The maximum Gasteiger partial charge on any atom is 0.248 e. The van der Waals surface area contributed by atoms with Gasteiger partial charge in [0.15, 0.2) is 0 Å². The van der Waals surface area contributed by atoms with Crippen LogP contribution in [0.4, 0.5) is 5.69 Å². The van der Waals surface area contributed by atoms with Crippen LogP contribution in [0.2, 0.25) is 0 Å². The van der Waals surface area contributed by atoms with Crippen molar-refractivity contribution in [3.05, 3.63) is 47.5 Å². The van der Waals surface area contributed by atoms with Gasteiger partial charge in [-0.25, -0.2) is 0 Å². The van der Waals surface area contributed by atoms with E-state index in [-0.39, 0.29) is 12.0 Å². The van der Waals surface area contributed by atoms with Crippen molar-refractivity contribution in [1.82, 2.24) is 0 Å². The van der Waals surface area contributed by atoms with Gasteiger partial charge in [-0.2, -0.15) is 0 Å². The normalized spacial score (nSPS) is 15.1. The molecule has 0 saturated heterocycles. The molecule has 0 saturated carbocycles. The van der Waals surface area contributed by atoms with Crippen LogP contribution in [-0.2, 0) is 11.2 Å². The summed E-state index contributed by atoms with van der Waals surface area (Å²) in [4.78, 5) is 12.4. The summed E-state index contributed by atoms with van der Waals surface area (Å²) in [7, 11) is 3.12. The molecule has 148 valence electrons. The number of hydrogen-bond donors (Lipinski definition) is 1. The van der Waals surface area contributed by atoms with Gasteiger partial charge in [-0.05, 0) is 44.2 Å². The van der Waals surface area contributed by atoms with Gasteiger partial charge in [0.1, 0.15) is 29.1 Å². The maximum atomic E-state index is 12.4. The second kappa shape index (κ2) is 8.69. The highest BCUT2D eigenvalue weighted by atomic mass is 16.5. The lowest BCUT2D eigenvalue weighted by molar-refractivity contribution is -0.111. The molecule has 1 aliphatic heterocycles. The number of nitrogens with one attached hydrogen (secondary N) is 1. The Kier molecular flexibility index (Phi) is 6.09. The molecule has 1 aliphatic rings. The predicted molar refractivity (Wildman–Crippen MR) is 109 cm³/mol. The molecule has 1 N–H and O–H groups in total. The molecule has 28 heavy (non-hydrogen) atoms. The van der Waals surface area contributed by atoms with Crippen molar-refractivity contribution in [2.75, 3.05) is 26.1 Å². The van der Waals surface area contributed by atoms with Crippen molar-refractivity contribution in [1.29, 1.82) is 0 Å². The van der Waals surface area contributed by atoms with Crippen LogP contribution in [0.3, 0.4) is 0 Å². The summed E-state index contributed by atoms with van der Waals surface area (Å²) in [6.45, 7) is 4.51. The molecule has 2 aromatic carbocycles. The Balaban J connectivity index is 1.80. The summed E-state index contributed by atoms with van der Waals surface area (Å²) in [5.41, 5.74) is 2.45. The first-order chi connectivity index (χ1) is 13.5. The molecule has 0 radical (unpaired) electrons. The zero-order valence-corrected chi connectivity index (χ0v) is 16.6. The van der Waals surface area contributed by atoms with E-state index >= 15 is 0 Å². The minimum Gasteiger partial charge on any atom is -0.497 e. The van der Waals surface area contributed by atoms with E-state index in [1.165, 1.54) is 6.08 Å². The number of benzene rings is 2. The van der Waals surface area contributed by atoms with E-state index in [0.717, 1.165) is 29.0 Å². The van der Waals surface area contributed by atoms with Crippen LogP contribution in [0.15, 0.2) is 36.4 Å². The van der Waals surface area contributed by atoms with Gasteiger partial charge in [0.05, 0.1) is 26.5 Å². The summed E-state index contributed by atoms with van der Waals surface area (Å²) in [5, 5.41) is 2.81. The van der Waals surface area contributed by atoms with Gasteiger partial charge in [0.2, 0.25) is 5.91 Å². The first kappa shape index (κ1) is 19.6. The van der Waals surface area contributed by atoms with Crippen molar-refractivity contribution >= 4 is 17.7 Å². The largest absolute Gasteiger partial charge is 0.497 e. The third-order valence-corrected chi connectivity index (χ3v) is 4.41. The molecule has 6 nitrogen and oxygen atoms in total. The molecule has 2 aromatic rings. The lowest BCUT2D eigenvalue weighted by Gasteiger charge is -2.11. The predicted octanol–water partition coefficient (Wildman–Crippen LogP) is 4.08. The number of carbonyl (C=O) groups excluding carboxylic acids is 1. The highest BCUT2D eigenvalue weighted by Gasteiger charge is 2.21. The molecular weight excluding hydrogens is 358 g/mol. The highest BCUT2D eigenvalue weighted by Crippen LogP contribution is 2.36. The first-order valence-electron chi connectivity index (χ1n) is 9.21. The molecule has 0 spiro atoms. The van der Waals surface area contributed by atoms with E-state index in [0.29, 0.717) is 23.8 Å². The standard InChI is InChI=1S/C22H25NO5/c1-5-27-20-12-16-10-14(2)28-21(16)11-15(20)6-9-22(24)23-18-13-17(25-3)7-8-19(18)26-4/h6-9,11-14H,5,10H2,1-4H3,(H,23,24)/b9-6+. The molecule has 6 heteroatoms. The Hall–Kier alpha value is -3.15. The molecular formula is C22H25NO5. The molecule has 1 unspecified atom stereocenters. The molecule has 0 aromatic heterocycles. The number of rotatable bonds is 7. The molecule has 1 atom stereocenters. The number of carbonyl (C=O) groups is 1. The van der Waals surface area contributed by atoms with E-state index in [9.17, 15) is 4.79 Å². The lowest BCUT2D eigenvalue weighted by atomic mass is 10.1. The number of amides is 1. The summed E-state index contributed by atoms with van der Waals surface area (Å²) in [6.07, 6.45) is 4.18. The van der Waals surface area contributed by atoms with Gasteiger partial charge in [-0.15, -0.1) is 0 Å². The first-order valence-corrected chi connectivity index (χ1v) is 9.21. The number of ether oxygens (including phenoxy) is 4. The van der Waals surface area contributed by atoms with Gasteiger partial charge in [0, 0.05) is 29.7 Å². The molecule has 1 heterocycles. The van der Waals surface area contributed by atoms with E-state index < -0.39 is 0 Å². The van der Waals surface area contributed by atoms with Crippen molar-refractivity contribution in [3.63, 3.8) is 0 Å².